The maximum absolute atomic E-state index is 12.4. The van der Waals surface area contributed by atoms with E-state index in [1.807, 2.05) is 19.1 Å². The number of nitrogens with zero attached hydrogens (tertiary/aromatic N) is 2. The highest BCUT2D eigenvalue weighted by Gasteiger charge is 2.21. The average molecular weight is 388 g/mol. The molecule has 0 aliphatic carbocycles. The molecule has 0 saturated heterocycles. The number of benzene rings is 2. The predicted octanol–water partition coefficient (Wildman–Crippen LogP) is 3.15. The van der Waals surface area contributed by atoms with Crippen LogP contribution in [0.2, 0.25) is 0 Å². The average Bonchev–Trinajstić information content (AvgIpc) is 3.12. The third-order valence-corrected chi connectivity index (χ3v) is 6.09. The van der Waals surface area contributed by atoms with Gasteiger partial charge in [0, 0.05) is 11.3 Å². The SMILES string of the molecule is CCc1ccc(NS(=O)(=O)c2nnc(NC(=O)c3ccccc3)s2)cc1. The molecule has 2 N–H and O–H groups in total. The maximum atomic E-state index is 12.4. The Hall–Kier alpha value is -2.78. The maximum Gasteiger partial charge on any atom is 0.291 e. The molecule has 0 aliphatic rings. The van der Waals surface area contributed by atoms with Gasteiger partial charge in [-0.15, -0.1) is 10.2 Å². The van der Waals surface area contributed by atoms with Crippen molar-refractivity contribution in [3.8, 4) is 0 Å². The number of amides is 1. The molecule has 0 spiro atoms. The molecule has 0 bridgehead atoms. The van der Waals surface area contributed by atoms with Crippen molar-refractivity contribution >= 4 is 38.1 Å². The Balaban J connectivity index is 1.72. The number of carbonyl (C=O) groups is 1. The summed E-state index contributed by atoms with van der Waals surface area (Å²) in [5, 5.41) is 10.1. The zero-order chi connectivity index (χ0) is 18.6. The van der Waals surface area contributed by atoms with Gasteiger partial charge in [0.25, 0.3) is 20.3 Å². The second-order valence-corrected chi connectivity index (χ2v) is 8.18. The lowest BCUT2D eigenvalue weighted by atomic mass is 10.2. The van der Waals surface area contributed by atoms with Crippen molar-refractivity contribution < 1.29 is 13.2 Å². The minimum absolute atomic E-state index is 0.112. The van der Waals surface area contributed by atoms with Crippen LogP contribution in [-0.4, -0.2) is 24.5 Å². The molecule has 1 heterocycles. The molecule has 0 fully saturated rings. The van der Waals surface area contributed by atoms with Crippen molar-refractivity contribution in [3.63, 3.8) is 0 Å². The van der Waals surface area contributed by atoms with Crippen LogP contribution in [0.4, 0.5) is 10.8 Å². The molecular weight excluding hydrogens is 372 g/mol. The predicted molar refractivity (Wildman–Crippen MR) is 101 cm³/mol. The smallest absolute Gasteiger partial charge is 0.291 e. The topological polar surface area (TPSA) is 101 Å². The molecule has 0 radical (unpaired) electrons. The summed E-state index contributed by atoms with van der Waals surface area (Å²) in [6.07, 6.45) is 0.869. The first-order valence-electron chi connectivity index (χ1n) is 7.79. The van der Waals surface area contributed by atoms with Crippen molar-refractivity contribution in [3.05, 3.63) is 65.7 Å². The molecule has 1 amide bonds. The third-order valence-electron chi connectivity index (χ3n) is 3.51. The van der Waals surface area contributed by atoms with Gasteiger partial charge in [0.15, 0.2) is 0 Å². The van der Waals surface area contributed by atoms with E-state index in [9.17, 15) is 13.2 Å². The van der Waals surface area contributed by atoms with E-state index in [1.165, 1.54) is 0 Å². The summed E-state index contributed by atoms with van der Waals surface area (Å²) in [6.45, 7) is 2.02. The minimum atomic E-state index is -3.87. The fourth-order valence-corrected chi connectivity index (χ4v) is 4.09. The number of aryl methyl sites for hydroxylation is 1. The highest BCUT2D eigenvalue weighted by atomic mass is 32.2. The van der Waals surface area contributed by atoms with Crippen LogP contribution in [0.1, 0.15) is 22.8 Å². The first-order chi connectivity index (χ1) is 12.5. The van der Waals surface area contributed by atoms with Crippen LogP contribution in [0.15, 0.2) is 58.9 Å². The van der Waals surface area contributed by atoms with Gasteiger partial charge >= 0.3 is 0 Å². The molecule has 2 aromatic carbocycles. The van der Waals surface area contributed by atoms with E-state index >= 15 is 0 Å². The Morgan fingerprint density at radius 2 is 1.73 bits per heavy atom. The number of anilines is 2. The largest absolute Gasteiger partial charge is 0.296 e. The standard InChI is InChI=1S/C17H16N4O3S2/c1-2-12-8-10-14(11-9-12)21-26(23,24)17-20-19-16(25-17)18-15(22)13-6-4-3-5-7-13/h3-11,21H,2H2,1H3,(H,18,19,22). The summed E-state index contributed by atoms with van der Waals surface area (Å²) >= 11 is 0.785. The van der Waals surface area contributed by atoms with E-state index in [0.29, 0.717) is 11.3 Å². The van der Waals surface area contributed by atoms with Gasteiger partial charge in [-0.25, -0.2) is 0 Å². The molecule has 0 unspecified atom stereocenters. The minimum Gasteiger partial charge on any atom is -0.296 e. The van der Waals surface area contributed by atoms with Gasteiger partial charge in [-0.1, -0.05) is 48.6 Å². The van der Waals surface area contributed by atoms with Gasteiger partial charge in [-0.2, -0.15) is 8.42 Å². The Bertz CT molecular complexity index is 1000. The lowest BCUT2D eigenvalue weighted by Gasteiger charge is -2.05. The van der Waals surface area contributed by atoms with Crippen molar-refractivity contribution in [2.75, 3.05) is 10.0 Å². The number of carbonyl (C=O) groups excluding carboxylic acids is 1. The van der Waals surface area contributed by atoms with Gasteiger partial charge in [-0.05, 0) is 36.2 Å². The van der Waals surface area contributed by atoms with E-state index in [-0.39, 0.29) is 15.4 Å². The molecule has 9 heteroatoms. The van der Waals surface area contributed by atoms with E-state index in [4.69, 9.17) is 0 Å². The van der Waals surface area contributed by atoms with Crippen molar-refractivity contribution in [1.82, 2.24) is 10.2 Å². The van der Waals surface area contributed by atoms with Gasteiger partial charge in [0.1, 0.15) is 0 Å². The highest BCUT2D eigenvalue weighted by molar-refractivity contribution is 7.94. The van der Waals surface area contributed by atoms with E-state index in [2.05, 4.69) is 20.2 Å². The van der Waals surface area contributed by atoms with Crippen molar-refractivity contribution in [2.24, 2.45) is 0 Å². The number of rotatable bonds is 6. The first kappa shape index (κ1) is 18.0. The van der Waals surface area contributed by atoms with Crippen LogP contribution in [0.3, 0.4) is 0 Å². The summed E-state index contributed by atoms with van der Waals surface area (Å²) in [5.74, 6) is -0.381. The Kier molecular flexibility index (Phi) is 5.29. The zero-order valence-electron chi connectivity index (χ0n) is 13.8. The van der Waals surface area contributed by atoms with Crippen molar-refractivity contribution in [2.45, 2.75) is 17.7 Å². The van der Waals surface area contributed by atoms with Gasteiger partial charge < -0.3 is 0 Å². The summed E-state index contributed by atoms with van der Waals surface area (Å²) in [7, 11) is -3.87. The molecule has 26 heavy (non-hydrogen) atoms. The molecule has 0 atom stereocenters. The molecule has 7 nitrogen and oxygen atoms in total. The second-order valence-electron chi connectivity index (χ2n) is 5.35. The Morgan fingerprint density at radius 1 is 1.04 bits per heavy atom. The molecule has 1 aromatic heterocycles. The quantitative estimate of drug-likeness (QED) is 0.632. The van der Waals surface area contributed by atoms with Gasteiger partial charge in [0.05, 0.1) is 0 Å². The van der Waals surface area contributed by atoms with Crippen LogP contribution < -0.4 is 10.0 Å². The summed E-state index contributed by atoms with van der Waals surface area (Å²) in [4.78, 5) is 12.1. The van der Waals surface area contributed by atoms with E-state index < -0.39 is 10.0 Å². The van der Waals surface area contributed by atoms with Gasteiger partial charge in [0.2, 0.25) is 5.13 Å². The first-order valence-corrected chi connectivity index (χ1v) is 10.1. The lowest BCUT2D eigenvalue weighted by Crippen LogP contribution is -2.12. The summed E-state index contributed by atoms with van der Waals surface area (Å²) in [6, 6.07) is 15.6. The van der Waals surface area contributed by atoms with Crippen LogP contribution >= 0.6 is 11.3 Å². The molecule has 134 valence electrons. The molecule has 3 rings (SSSR count). The van der Waals surface area contributed by atoms with E-state index in [0.717, 1.165) is 23.3 Å². The lowest BCUT2D eigenvalue weighted by molar-refractivity contribution is 0.102. The fraction of sp³-hybridized carbons (Fsp3) is 0.118. The van der Waals surface area contributed by atoms with Crippen LogP contribution in [0, 0.1) is 0 Å². The molecule has 3 aromatic rings. The normalized spacial score (nSPS) is 11.1. The zero-order valence-corrected chi connectivity index (χ0v) is 15.5. The number of hydrogen-bond donors (Lipinski definition) is 2. The van der Waals surface area contributed by atoms with Gasteiger partial charge in [-0.3, -0.25) is 14.8 Å². The molecular formula is C17H16N4O3S2. The van der Waals surface area contributed by atoms with Crippen LogP contribution in [0.5, 0.6) is 0 Å². The number of sulfonamides is 1. The van der Waals surface area contributed by atoms with Crippen LogP contribution in [-0.2, 0) is 16.4 Å². The Labute approximate surface area is 155 Å². The number of aromatic nitrogens is 2. The monoisotopic (exact) mass is 388 g/mol. The van der Waals surface area contributed by atoms with E-state index in [1.54, 1.807) is 42.5 Å². The third kappa shape index (κ3) is 4.24. The fourth-order valence-electron chi connectivity index (χ4n) is 2.13. The number of nitrogens with one attached hydrogen (secondary N) is 2. The molecule has 0 aliphatic heterocycles. The Morgan fingerprint density at radius 3 is 2.38 bits per heavy atom. The molecule has 0 saturated carbocycles. The number of hydrogen-bond acceptors (Lipinski definition) is 6. The van der Waals surface area contributed by atoms with Crippen LogP contribution in [0.25, 0.3) is 0 Å². The summed E-state index contributed by atoms with van der Waals surface area (Å²) < 4.78 is 27.0. The second kappa shape index (κ2) is 7.63. The van der Waals surface area contributed by atoms with Crippen molar-refractivity contribution in [1.29, 1.82) is 0 Å². The summed E-state index contributed by atoms with van der Waals surface area (Å²) in [5.41, 5.74) is 1.99. The highest BCUT2D eigenvalue weighted by Crippen LogP contribution is 2.23.